The molecule has 0 bridgehead atoms. The van der Waals surface area contributed by atoms with Gasteiger partial charge < -0.3 is 10.1 Å². The van der Waals surface area contributed by atoms with Crippen molar-refractivity contribution in [1.29, 1.82) is 0 Å². The highest BCUT2D eigenvalue weighted by molar-refractivity contribution is 7.89. The van der Waals surface area contributed by atoms with Crippen molar-refractivity contribution in [2.45, 2.75) is 24.8 Å². The number of urea groups is 1. The molecule has 2 rings (SSSR count). The normalized spacial score (nSPS) is 12.2. The fourth-order valence-electron chi connectivity index (χ4n) is 2.85. The van der Waals surface area contributed by atoms with E-state index in [1.54, 1.807) is 44.2 Å². The van der Waals surface area contributed by atoms with Crippen LogP contribution in [0.4, 0.5) is 4.79 Å². The summed E-state index contributed by atoms with van der Waals surface area (Å²) in [4.78, 5) is 36.9. The second kappa shape index (κ2) is 11.1. The molecule has 2 N–H and O–H groups in total. The molecule has 0 radical (unpaired) electrons. The molecule has 32 heavy (non-hydrogen) atoms. The van der Waals surface area contributed by atoms with Gasteiger partial charge in [-0.15, -0.1) is 0 Å². The van der Waals surface area contributed by atoms with Crippen LogP contribution in [0.15, 0.2) is 53.4 Å². The first-order valence-electron chi connectivity index (χ1n) is 9.73. The van der Waals surface area contributed by atoms with Gasteiger partial charge in [0.2, 0.25) is 16.1 Å². The maximum atomic E-state index is 12.9. The van der Waals surface area contributed by atoms with E-state index in [1.807, 2.05) is 0 Å². The van der Waals surface area contributed by atoms with Gasteiger partial charge in [0.05, 0.1) is 15.5 Å². The molecule has 0 saturated heterocycles. The van der Waals surface area contributed by atoms with E-state index in [1.165, 1.54) is 23.5 Å². The number of carbonyl (C=O) groups excluding carboxylic acids is 3. The largest absolute Gasteiger partial charge is 0.444 e. The van der Waals surface area contributed by atoms with Gasteiger partial charge >= 0.3 is 12.0 Å². The fraction of sp³-hybridized carbons (Fsp3) is 0.286. The standard InChI is InChI=1S/C21H24ClN3O6S/c1-4-25(5-2)32(29,30)15-11-12-17(22)16(13-15)20(27)31-18(14-9-7-6-8-10-14)19(26)24-21(28)23-3/h6-13,18H,4-5H2,1-3H3,(H2,23,24,26,28)/t18-/m0/s1. The number of esters is 1. The smallest absolute Gasteiger partial charge is 0.340 e. The van der Waals surface area contributed by atoms with E-state index in [-0.39, 0.29) is 28.6 Å². The quantitative estimate of drug-likeness (QED) is 0.559. The Morgan fingerprint density at radius 3 is 2.25 bits per heavy atom. The molecule has 0 aliphatic carbocycles. The van der Waals surface area contributed by atoms with Gasteiger partial charge in [0, 0.05) is 25.7 Å². The number of hydrogen-bond donors (Lipinski definition) is 2. The first-order chi connectivity index (χ1) is 15.1. The second-order valence-corrected chi connectivity index (χ2v) is 8.84. The molecule has 172 valence electrons. The highest BCUT2D eigenvalue weighted by Gasteiger charge is 2.29. The van der Waals surface area contributed by atoms with E-state index in [9.17, 15) is 22.8 Å². The van der Waals surface area contributed by atoms with Crippen LogP contribution >= 0.6 is 11.6 Å². The van der Waals surface area contributed by atoms with Crippen LogP contribution < -0.4 is 10.6 Å². The number of hydrogen-bond acceptors (Lipinski definition) is 6. The lowest BCUT2D eigenvalue weighted by atomic mass is 10.1. The molecule has 2 aromatic rings. The summed E-state index contributed by atoms with van der Waals surface area (Å²) in [5.74, 6) is -1.90. The molecule has 0 heterocycles. The van der Waals surface area contributed by atoms with Crippen molar-refractivity contribution in [3.63, 3.8) is 0 Å². The van der Waals surface area contributed by atoms with Gasteiger partial charge in [0.15, 0.2) is 0 Å². The Balaban J connectivity index is 2.41. The highest BCUT2D eigenvalue weighted by Crippen LogP contribution is 2.26. The minimum atomic E-state index is -3.86. The average molecular weight is 482 g/mol. The number of halogens is 1. The third-order valence-corrected chi connectivity index (χ3v) is 6.91. The fourth-order valence-corrected chi connectivity index (χ4v) is 4.52. The molecule has 0 fully saturated rings. The number of imide groups is 1. The summed E-state index contributed by atoms with van der Waals surface area (Å²) in [6.07, 6.45) is -1.47. The van der Waals surface area contributed by atoms with Crippen molar-refractivity contribution in [2.24, 2.45) is 0 Å². The number of amides is 3. The number of benzene rings is 2. The van der Waals surface area contributed by atoms with Crippen LogP contribution in [0, 0.1) is 0 Å². The molecular weight excluding hydrogens is 458 g/mol. The van der Waals surface area contributed by atoms with Crippen molar-refractivity contribution in [2.75, 3.05) is 20.1 Å². The molecule has 3 amide bonds. The van der Waals surface area contributed by atoms with Crippen LogP contribution in [-0.2, 0) is 19.6 Å². The Morgan fingerprint density at radius 1 is 1.06 bits per heavy atom. The highest BCUT2D eigenvalue weighted by atomic mass is 35.5. The summed E-state index contributed by atoms with van der Waals surface area (Å²) in [5, 5.41) is 4.25. The topological polar surface area (TPSA) is 122 Å². The summed E-state index contributed by atoms with van der Waals surface area (Å²) in [7, 11) is -2.53. The molecule has 0 aliphatic rings. The summed E-state index contributed by atoms with van der Waals surface area (Å²) in [6.45, 7) is 3.89. The first kappa shape index (κ1) is 25.3. The molecule has 2 aromatic carbocycles. The Morgan fingerprint density at radius 2 is 1.69 bits per heavy atom. The van der Waals surface area contributed by atoms with Gasteiger partial charge in [-0.2, -0.15) is 4.31 Å². The van der Waals surface area contributed by atoms with Crippen molar-refractivity contribution < 1.29 is 27.5 Å². The van der Waals surface area contributed by atoms with Crippen LogP contribution in [0.5, 0.6) is 0 Å². The van der Waals surface area contributed by atoms with Crippen molar-refractivity contribution in [3.05, 3.63) is 64.7 Å². The van der Waals surface area contributed by atoms with E-state index in [0.29, 0.717) is 5.56 Å². The third kappa shape index (κ3) is 5.84. The minimum Gasteiger partial charge on any atom is -0.444 e. The number of carbonyl (C=O) groups is 3. The summed E-state index contributed by atoms with van der Waals surface area (Å²) < 4.78 is 32.2. The Labute approximate surface area is 191 Å². The van der Waals surface area contributed by atoms with E-state index < -0.39 is 34.0 Å². The maximum Gasteiger partial charge on any atom is 0.340 e. The molecule has 0 aliphatic heterocycles. The van der Waals surface area contributed by atoms with E-state index in [2.05, 4.69) is 10.6 Å². The second-order valence-electron chi connectivity index (χ2n) is 6.50. The Hall–Kier alpha value is -2.95. The molecular formula is C21H24ClN3O6S. The lowest BCUT2D eigenvalue weighted by Gasteiger charge is -2.20. The molecule has 0 aromatic heterocycles. The molecule has 0 unspecified atom stereocenters. The number of sulfonamides is 1. The van der Waals surface area contributed by atoms with Gasteiger partial charge in [-0.3, -0.25) is 10.1 Å². The van der Waals surface area contributed by atoms with Crippen molar-refractivity contribution >= 4 is 39.5 Å². The third-order valence-electron chi connectivity index (χ3n) is 4.53. The molecule has 9 nitrogen and oxygen atoms in total. The van der Waals surface area contributed by atoms with Gasteiger partial charge in [-0.05, 0) is 18.2 Å². The molecule has 1 atom stereocenters. The lowest BCUT2D eigenvalue weighted by molar-refractivity contribution is -0.129. The van der Waals surface area contributed by atoms with Crippen LogP contribution in [0.2, 0.25) is 5.02 Å². The monoisotopic (exact) mass is 481 g/mol. The predicted molar refractivity (Wildman–Crippen MR) is 119 cm³/mol. The zero-order chi connectivity index (χ0) is 23.9. The lowest BCUT2D eigenvalue weighted by Crippen LogP contribution is -2.41. The molecule has 11 heteroatoms. The SMILES string of the molecule is CCN(CC)S(=O)(=O)c1ccc(Cl)c(C(=O)O[C@H](C(=O)NC(=O)NC)c2ccccc2)c1. The van der Waals surface area contributed by atoms with Crippen LogP contribution in [-0.4, -0.2) is 50.8 Å². The molecule has 0 saturated carbocycles. The maximum absolute atomic E-state index is 12.9. The minimum absolute atomic E-state index is 0.0491. The Kier molecular flexibility index (Phi) is 8.76. The van der Waals surface area contributed by atoms with Gasteiger partial charge in [0.25, 0.3) is 5.91 Å². The summed E-state index contributed by atoms with van der Waals surface area (Å²) >= 11 is 6.13. The van der Waals surface area contributed by atoms with Crippen LogP contribution in [0.25, 0.3) is 0 Å². The number of nitrogens with one attached hydrogen (secondary N) is 2. The first-order valence-corrected chi connectivity index (χ1v) is 11.6. The summed E-state index contributed by atoms with van der Waals surface area (Å²) in [5.41, 5.74) is 0.0823. The van der Waals surface area contributed by atoms with Gasteiger partial charge in [-0.25, -0.2) is 18.0 Å². The van der Waals surface area contributed by atoms with Crippen LogP contribution in [0.1, 0.15) is 35.9 Å². The number of ether oxygens (including phenoxy) is 1. The number of nitrogens with zero attached hydrogens (tertiary/aromatic N) is 1. The average Bonchev–Trinajstić information content (AvgIpc) is 2.78. The predicted octanol–water partition coefficient (Wildman–Crippen LogP) is 2.72. The zero-order valence-corrected chi connectivity index (χ0v) is 19.4. The summed E-state index contributed by atoms with van der Waals surface area (Å²) in [6, 6.07) is 11.0. The van der Waals surface area contributed by atoms with Crippen LogP contribution in [0.3, 0.4) is 0 Å². The number of rotatable bonds is 8. The van der Waals surface area contributed by atoms with E-state index in [4.69, 9.17) is 16.3 Å². The zero-order valence-electron chi connectivity index (χ0n) is 17.8. The van der Waals surface area contributed by atoms with E-state index in [0.717, 1.165) is 6.07 Å². The molecule has 0 spiro atoms. The van der Waals surface area contributed by atoms with E-state index >= 15 is 0 Å². The van der Waals surface area contributed by atoms with Crippen molar-refractivity contribution in [1.82, 2.24) is 14.9 Å². The van der Waals surface area contributed by atoms with Crippen molar-refractivity contribution in [3.8, 4) is 0 Å². The van der Waals surface area contributed by atoms with Gasteiger partial charge in [0.1, 0.15) is 0 Å². The van der Waals surface area contributed by atoms with Gasteiger partial charge in [-0.1, -0.05) is 55.8 Å². The Bertz CT molecular complexity index is 1090.